The molecule has 1 rings (SSSR count). The number of aryl methyl sites for hydroxylation is 1. The Morgan fingerprint density at radius 1 is 1.06 bits per heavy atom. The Balaban J connectivity index is 0. The lowest BCUT2D eigenvalue weighted by molar-refractivity contribution is 0.480. The summed E-state index contributed by atoms with van der Waals surface area (Å²) in [6.07, 6.45) is 7.30. The van der Waals surface area contributed by atoms with Gasteiger partial charge in [-0.3, -0.25) is 4.98 Å². The molecule has 0 fully saturated rings. The Hall–Kier alpha value is -0.850. The largest absolute Gasteiger partial charge is 0.262 e. The van der Waals surface area contributed by atoms with Gasteiger partial charge in [-0.25, -0.2) is 0 Å². The summed E-state index contributed by atoms with van der Waals surface area (Å²) >= 11 is 0. The minimum Gasteiger partial charge on any atom is -0.262 e. The molecule has 0 aliphatic heterocycles. The van der Waals surface area contributed by atoms with Crippen LogP contribution >= 0.6 is 0 Å². The maximum Gasteiger partial charge on any atom is 0.0372 e. The summed E-state index contributed by atoms with van der Waals surface area (Å²) in [5, 5.41) is 0. The number of nitrogens with zero attached hydrogens (tertiary/aromatic N) is 1. The number of pyridine rings is 1. The van der Waals surface area contributed by atoms with E-state index in [0.717, 1.165) is 11.6 Å². The first-order chi connectivity index (χ1) is 8.20. The second-order valence-corrected chi connectivity index (χ2v) is 4.15. The third kappa shape index (κ3) is 15.1. The highest BCUT2D eigenvalue weighted by Crippen LogP contribution is 2.10. The van der Waals surface area contributed by atoms with E-state index in [1.54, 1.807) is 6.20 Å². The van der Waals surface area contributed by atoms with Crippen LogP contribution in [0.5, 0.6) is 0 Å². The van der Waals surface area contributed by atoms with Gasteiger partial charge in [-0.15, -0.1) is 0 Å². The highest BCUT2D eigenvalue weighted by Gasteiger charge is 1.95. The van der Waals surface area contributed by atoms with Crippen molar-refractivity contribution in [1.82, 2.24) is 4.98 Å². The standard InChI is InChI=1S/C8H18.C6H7N.C2H6/c1-4-6-8(3)7-5-2;1-6-4-2-3-5-7-6;1-2/h8H,4-7H2,1-3H3;2-5H,1H3;1-2H3. The molecule has 100 valence electrons. The molecule has 1 aromatic rings. The van der Waals surface area contributed by atoms with Crippen molar-refractivity contribution in [2.24, 2.45) is 5.92 Å². The summed E-state index contributed by atoms with van der Waals surface area (Å²) in [5.41, 5.74) is 1.07. The predicted molar refractivity (Wildman–Crippen MR) is 79.3 cm³/mol. The van der Waals surface area contributed by atoms with E-state index in [4.69, 9.17) is 0 Å². The molecule has 0 aliphatic carbocycles. The monoisotopic (exact) mass is 237 g/mol. The van der Waals surface area contributed by atoms with Crippen molar-refractivity contribution in [2.75, 3.05) is 0 Å². The van der Waals surface area contributed by atoms with Crippen LogP contribution in [0.25, 0.3) is 0 Å². The minimum absolute atomic E-state index is 0.963. The summed E-state index contributed by atoms with van der Waals surface area (Å²) in [6.45, 7) is 12.8. The van der Waals surface area contributed by atoms with E-state index in [9.17, 15) is 0 Å². The second kappa shape index (κ2) is 15.1. The van der Waals surface area contributed by atoms with Gasteiger partial charge in [0.05, 0.1) is 0 Å². The molecule has 1 aromatic heterocycles. The van der Waals surface area contributed by atoms with Crippen molar-refractivity contribution < 1.29 is 0 Å². The van der Waals surface area contributed by atoms with Crippen molar-refractivity contribution in [3.8, 4) is 0 Å². The first kappa shape index (κ1) is 18.5. The maximum absolute atomic E-state index is 3.98. The van der Waals surface area contributed by atoms with Crippen LogP contribution < -0.4 is 0 Å². The fraction of sp³-hybridized carbons (Fsp3) is 0.688. The van der Waals surface area contributed by atoms with Crippen molar-refractivity contribution in [1.29, 1.82) is 0 Å². The van der Waals surface area contributed by atoms with Crippen molar-refractivity contribution in [3.05, 3.63) is 30.1 Å². The molecule has 0 N–H and O–H groups in total. The van der Waals surface area contributed by atoms with E-state index in [2.05, 4.69) is 25.8 Å². The molecule has 0 saturated carbocycles. The Labute approximate surface area is 109 Å². The molecule has 0 unspecified atom stereocenters. The predicted octanol–water partition coefficient (Wildman–Crippen LogP) is 5.64. The number of rotatable bonds is 4. The summed E-state index contributed by atoms with van der Waals surface area (Å²) in [5.74, 6) is 0.963. The summed E-state index contributed by atoms with van der Waals surface area (Å²) in [4.78, 5) is 3.98. The van der Waals surface area contributed by atoms with E-state index in [-0.39, 0.29) is 0 Å². The van der Waals surface area contributed by atoms with Crippen LogP contribution in [0.15, 0.2) is 24.4 Å². The minimum atomic E-state index is 0.963. The third-order valence-corrected chi connectivity index (χ3v) is 2.38. The van der Waals surface area contributed by atoms with Gasteiger partial charge in [0.2, 0.25) is 0 Å². The fourth-order valence-corrected chi connectivity index (χ4v) is 1.58. The zero-order chi connectivity index (χ0) is 13.5. The molecule has 0 atom stereocenters. The Morgan fingerprint density at radius 2 is 1.59 bits per heavy atom. The highest BCUT2D eigenvalue weighted by atomic mass is 14.6. The molecule has 0 spiro atoms. The van der Waals surface area contributed by atoms with Gasteiger partial charge in [0.15, 0.2) is 0 Å². The van der Waals surface area contributed by atoms with Crippen LogP contribution in [0, 0.1) is 12.8 Å². The van der Waals surface area contributed by atoms with Gasteiger partial charge < -0.3 is 0 Å². The average molecular weight is 237 g/mol. The second-order valence-electron chi connectivity index (χ2n) is 4.15. The summed E-state index contributed by atoms with van der Waals surface area (Å²) in [7, 11) is 0. The number of hydrogen-bond acceptors (Lipinski definition) is 1. The molecule has 0 saturated heterocycles. The molecule has 17 heavy (non-hydrogen) atoms. The number of hydrogen-bond donors (Lipinski definition) is 0. The lowest BCUT2D eigenvalue weighted by Gasteiger charge is -2.05. The smallest absolute Gasteiger partial charge is 0.0372 e. The molecular weight excluding hydrogens is 206 g/mol. The van der Waals surface area contributed by atoms with Crippen LogP contribution in [-0.4, -0.2) is 4.98 Å². The topological polar surface area (TPSA) is 12.9 Å². The molecule has 0 aromatic carbocycles. The SMILES string of the molecule is CC.CCCC(C)CCC.Cc1ccccn1. The van der Waals surface area contributed by atoms with Gasteiger partial charge in [-0.1, -0.05) is 66.4 Å². The molecule has 1 nitrogen and oxygen atoms in total. The highest BCUT2D eigenvalue weighted by molar-refractivity contribution is 4.99. The van der Waals surface area contributed by atoms with Crippen molar-refractivity contribution in [2.45, 2.75) is 67.2 Å². The lowest BCUT2D eigenvalue weighted by atomic mass is 10.0. The van der Waals surface area contributed by atoms with Crippen LogP contribution in [0.1, 0.15) is 66.0 Å². The van der Waals surface area contributed by atoms with Crippen molar-refractivity contribution >= 4 is 0 Å². The van der Waals surface area contributed by atoms with Crippen molar-refractivity contribution in [3.63, 3.8) is 0 Å². The normalized spacial score (nSPS) is 8.88. The number of aromatic nitrogens is 1. The first-order valence-corrected chi connectivity index (χ1v) is 7.08. The van der Waals surface area contributed by atoms with E-state index in [0.29, 0.717) is 0 Å². The van der Waals surface area contributed by atoms with E-state index < -0.39 is 0 Å². The Morgan fingerprint density at radius 3 is 1.82 bits per heavy atom. The fourth-order valence-electron chi connectivity index (χ4n) is 1.58. The average Bonchev–Trinajstić information content (AvgIpc) is 2.34. The summed E-state index contributed by atoms with van der Waals surface area (Å²) < 4.78 is 0. The molecule has 1 heteroatoms. The Bertz CT molecular complexity index is 212. The molecule has 0 amide bonds. The third-order valence-electron chi connectivity index (χ3n) is 2.38. The van der Waals surface area contributed by atoms with Crippen LogP contribution in [-0.2, 0) is 0 Å². The zero-order valence-electron chi connectivity index (χ0n) is 12.7. The molecular formula is C16H31N. The molecule has 0 bridgehead atoms. The van der Waals surface area contributed by atoms with Gasteiger partial charge >= 0.3 is 0 Å². The van der Waals surface area contributed by atoms with Crippen LogP contribution in [0.2, 0.25) is 0 Å². The van der Waals surface area contributed by atoms with E-state index in [1.807, 2.05) is 39.0 Å². The first-order valence-electron chi connectivity index (χ1n) is 7.08. The van der Waals surface area contributed by atoms with Gasteiger partial charge in [-0.05, 0) is 25.0 Å². The van der Waals surface area contributed by atoms with Crippen LogP contribution in [0.3, 0.4) is 0 Å². The van der Waals surface area contributed by atoms with E-state index >= 15 is 0 Å². The molecule has 1 heterocycles. The van der Waals surface area contributed by atoms with Crippen LogP contribution in [0.4, 0.5) is 0 Å². The van der Waals surface area contributed by atoms with Gasteiger partial charge in [0, 0.05) is 11.9 Å². The zero-order valence-corrected chi connectivity index (χ0v) is 12.7. The van der Waals surface area contributed by atoms with E-state index in [1.165, 1.54) is 25.7 Å². The van der Waals surface area contributed by atoms with Gasteiger partial charge in [0.1, 0.15) is 0 Å². The summed E-state index contributed by atoms with van der Waals surface area (Å²) in [6, 6.07) is 5.86. The Kier molecular flexibility index (Phi) is 16.5. The van der Waals surface area contributed by atoms with Gasteiger partial charge in [0.25, 0.3) is 0 Å². The van der Waals surface area contributed by atoms with Gasteiger partial charge in [-0.2, -0.15) is 0 Å². The molecule has 0 aliphatic rings. The quantitative estimate of drug-likeness (QED) is 0.660. The molecule has 0 radical (unpaired) electrons. The lowest BCUT2D eigenvalue weighted by Crippen LogP contribution is -1.91. The maximum atomic E-state index is 3.98.